The van der Waals surface area contributed by atoms with Gasteiger partial charge in [0.2, 0.25) is 11.7 Å². The number of carbonyl (C=O) groups excluding carboxylic acids is 2. The first-order valence-corrected chi connectivity index (χ1v) is 16.7. The van der Waals surface area contributed by atoms with Gasteiger partial charge in [-0.1, -0.05) is 29.8 Å². The molecule has 3 aromatic heterocycles. The van der Waals surface area contributed by atoms with Crippen LogP contribution >= 0.6 is 0 Å². The Labute approximate surface area is 271 Å². The molecule has 4 heterocycles. The van der Waals surface area contributed by atoms with E-state index in [2.05, 4.69) is 20.0 Å². The second-order valence-electron chi connectivity index (χ2n) is 12.0. The second kappa shape index (κ2) is 11.5. The van der Waals surface area contributed by atoms with Crippen LogP contribution in [0.15, 0.2) is 77.8 Å². The van der Waals surface area contributed by atoms with Gasteiger partial charge in [-0.2, -0.15) is 5.10 Å². The van der Waals surface area contributed by atoms with E-state index in [1.54, 1.807) is 37.3 Å². The van der Waals surface area contributed by atoms with Crippen molar-refractivity contribution in [3.05, 3.63) is 101 Å². The monoisotopic (exact) mass is 650 g/mol. The quantitative estimate of drug-likeness (QED) is 0.246. The first-order valence-electron chi connectivity index (χ1n) is 15.3. The van der Waals surface area contributed by atoms with E-state index in [1.807, 2.05) is 55.1 Å². The molecule has 1 fully saturated rings. The highest BCUT2D eigenvalue weighted by Gasteiger charge is 2.30. The van der Waals surface area contributed by atoms with Crippen LogP contribution in [-0.4, -0.2) is 79.8 Å². The van der Waals surface area contributed by atoms with Gasteiger partial charge < -0.3 is 15.6 Å². The molecule has 13 heteroatoms. The fraction of sp³-hybridized carbons (Fsp3) is 0.235. The number of hydrogen-bond donors (Lipinski definition) is 2. The Morgan fingerprint density at radius 2 is 1.68 bits per heavy atom. The van der Waals surface area contributed by atoms with Crippen molar-refractivity contribution >= 4 is 49.5 Å². The van der Waals surface area contributed by atoms with Crippen LogP contribution in [0.1, 0.15) is 39.9 Å². The predicted molar refractivity (Wildman–Crippen MR) is 179 cm³/mol. The number of anilines is 1. The number of aromatic nitrogens is 5. The van der Waals surface area contributed by atoms with Crippen LogP contribution in [0.2, 0.25) is 0 Å². The summed E-state index contributed by atoms with van der Waals surface area (Å²) in [5.74, 6) is 0.334. The van der Waals surface area contributed by atoms with Crippen molar-refractivity contribution in [2.75, 3.05) is 31.9 Å². The normalized spacial score (nSPS) is 14.3. The number of ketones is 1. The van der Waals surface area contributed by atoms with E-state index in [-0.39, 0.29) is 27.9 Å². The molecular weight excluding hydrogens is 616 g/mol. The number of piperazine rings is 1. The van der Waals surface area contributed by atoms with Gasteiger partial charge in [0.25, 0.3) is 10.0 Å². The van der Waals surface area contributed by atoms with Crippen molar-refractivity contribution in [2.24, 2.45) is 0 Å². The largest absolute Gasteiger partial charge is 0.383 e. The number of amides is 1. The van der Waals surface area contributed by atoms with Gasteiger partial charge in [-0.3, -0.25) is 14.5 Å². The van der Waals surface area contributed by atoms with E-state index in [4.69, 9.17) is 5.73 Å². The number of nitrogen functional groups attached to an aromatic ring is 1. The number of fused-ring (bicyclic) bond motifs is 2. The smallest absolute Gasteiger partial charge is 0.268 e. The number of aromatic amines is 1. The van der Waals surface area contributed by atoms with Crippen molar-refractivity contribution in [1.82, 2.24) is 33.5 Å². The molecule has 1 amide bonds. The Hall–Kier alpha value is -5.27. The Kier molecular flexibility index (Phi) is 7.44. The van der Waals surface area contributed by atoms with Crippen LogP contribution in [-0.2, 0) is 21.4 Å². The highest BCUT2D eigenvalue weighted by Crippen LogP contribution is 2.31. The average molecular weight is 651 g/mol. The molecule has 3 aromatic carbocycles. The maximum absolute atomic E-state index is 14.3. The lowest BCUT2D eigenvalue weighted by atomic mass is 10.1. The molecule has 47 heavy (non-hydrogen) atoms. The average Bonchev–Trinajstić information content (AvgIpc) is 3.74. The first-order chi connectivity index (χ1) is 22.5. The van der Waals surface area contributed by atoms with Crippen molar-refractivity contribution in [2.45, 2.75) is 32.2 Å². The number of rotatable bonds is 7. The molecule has 1 aliphatic rings. The minimum absolute atomic E-state index is 0.0441. The Morgan fingerprint density at radius 3 is 2.40 bits per heavy atom. The molecule has 0 radical (unpaired) electrons. The summed E-state index contributed by atoms with van der Waals surface area (Å²) < 4.78 is 31.2. The summed E-state index contributed by atoms with van der Waals surface area (Å²) in [6, 6.07) is 19.2. The molecule has 240 valence electrons. The van der Waals surface area contributed by atoms with Crippen LogP contribution in [0.5, 0.6) is 0 Å². The second-order valence-corrected chi connectivity index (χ2v) is 13.8. The highest BCUT2D eigenvalue weighted by molar-refractivity contribution is 7.90. The summed E-state index contributed by atoms with van der Waals surface area (Å²) >= 11 is 0. The number of carbonyl (C=O) groups is 2. The molecule has 0 aliphatic carbocycles. The first kappa shape index (κ1) is 30.4. The minimum atomic E-state index is -4.21. The van der Waals surface area contributed by atoms with Gasteiger partial charge in [-0.15, -0.1) is 0 Å². The molecule has 0 spiro atoms. The van der Waals surface area contributed by atoms with Crippen LogP contribution in [0, 0.1) is 13.8 Å². The summed E-state index contributed by atoms with van der Waals surface area (Å²) in [4.78, 5) is 37.8. The van der Waals surface area contributed by atoms with Crippen molar-refractivity contribution in [3.8, 4) is 5.69 Å². The maximum atomic E-state index is 14.3. The van der Waals surface area contributed by atoms with Gasteiger partial charge in [0.05, 0.1) is 38.9 Å². The van der Waals surface area contributed by atoms with Crippen LogP contribution in [0.3, 0.4) is 0 Å². The van der Waals surface area contributed by atoms with Crippen LogP contribution in [0.4, 0.5) is 5.82 Å². The summed E-state index contributed by atoms with van der Waals surface area (Å²) in [6.07, 6.45) is 1.37. The zero-order chi connectivity index (χ0) is 33.0. The molecule has 0 bridgehead atoms. The van der Waals surface area contributed by atoms with Gasteiger partial charge in [0.1, 0.15) is 17.3 Å². The topological polar surface area (TPSA) is 152 Å². The Balaban J connectivity index is 1.30. The van der Waals surface area contributed by atoms with E-state index >= 15 is 0 Å². The summed E-state index contributed by atoms with van der Waals surface area (Å²) in [7, 11) is -4.21. The summed E-state index contributed by atoms with van der Waals surface area (Å²) in [5.41, 5.74) is 10.9. The zero-order valence-corrected chi connectivity index (χ0v) is 27.1. The number of nitrogens with two attached hydrogens (primary N) is 1. The van der Waals surface area contributed by atoms with Gasteiger partial charge >= 0.3 is 0 Å². The lowest BCUT2D eigenvalue weighted by Crippen LogP contribution is -2.47. The van der Waals surface area contributed by atoms with Gasteiger partial charge in [0.15, 0.2) is 0 Å². The van der Waals surface area contributed by atoms with Gasteiger partial charge in [-0.05, 0) is 61.9 Å². The predicted octanol–water partition coefficient (Wildman–Crippen LogP) is 4.03. The van der Waals surface area contributed by atoms with E-state index in [0.717, 1.165) is 32.0 Å². The number of aryl methyl sites for hydroxylation is 2. The standard InChI is InChI=1S/C34H34N8O4S/c1-21-4-9-27(10-5-21)47(45,46)42-31-16-24(20-39-12-14-40(15-13-39)23(3)43)6-7-25(31)17-32(42)33(44)28-19-36-41(34(28)35)26-8-11-29-30(18-26)38-22(2)37-29/h4-11,16-19H,12-15,20,35H2,1-3H3,(H,37,38). The summed E-state index contributed by atoms with van der Waals surface area (Å²) in [6.45, 7) is 8.58. The van der Waals surface area contributed by atoms with E-state index in [9.17, 15) is 18.0 Å². The summed E-state index contributed by atoms with van der Waals surface area (Å²) in [5, 5.41) is 5.00. The fourth-order valence-corrected chi connectivity index (χ4v) is 7.67. The Morgan fingerprint density at radius 1 is 0.936 bits per heavy atom. The number of benzene rings is 3. The van der Waals surface area contributed by atoms with E-state index in [0.29, 0.717) is 49.3 Å². The molecule has 12 nitrogen and oxygen atoms in total. The SMILES string of the molecule is CC(=O)N1CCN(Cc2ccc3cc(C(=O)c4cnn(-c5ccc6[nH]c(C)nc6c5)c4N)n(S(=O)(=O)c4ccc(C)cc4)c3c2)CC1. The van der Waals surface area contributed by atoms with E-state index < -0.39 is 15.8 Å². The molecule has 6 aromatic rings. The minimum Gasteiger partial charge on any atom is -0.383 e. The number of imidazole rings is 1. The van der Waals surface area contributed by atoms with Crippen molar-refractivity contribution < 1.29 is 18.0 Å². The molecule has 1 aliphatic heterocycles. The highest BCUT2D eigenvalue weighted by atomic mass is 32.2. The third-order valence-electron chi connectivity index (χ3n) is 8.72. The Bertz CT molecular complexity index is 2290. The number of hydrogen-bond acceptors (Lipinski definition) is 8. The van der Waals surface area contributed by atoms with Gasteiger partial charge in [-0.25, -0.2) is 22.1 Å². The number of H-pyrrole nitrogens is 1. The maximum Gasteiger partial charge on any atom is 0.268 e. The van der Waals surface area contributed by atoms with Crippen molar-refractivity contribution in [1.29, 1.82) is 0 Å². The molecule has 0 saturated carbocycles. The fourth-order valence-electron chi connectivity index (χ4n) is 6.16. The lowest BCUT2D eigenvalue weighted by molar-refractivity contribution is -0.130. The van der Waals surface area contributed by atoms with Gasteiger partial charge in [0, 0.05) is 45.0 Å². The van der Waals surface area contributed by atoms with Crippen molar-refractivity contribution in [3.63, 3.8) is 0 Å². The molecular formula is C34H34N8O4S. The molecule has 0 unspecified atom stereocenters. The number of nitrogens with one attached hydrogen (secondary N) is 1. The molecule has 3 N–H and O–H groups in total. The lowest BCUT2D eigenvalue weighted by Gasteiger charge is -2.34. The third-order valence-corrected chi connectivity index (χ3v) is 10.5. The third kappa shape index (κ3) is 5.47. The van der Waals surface area contributed by atoms with Crippen LogP contribution < -0.4 is 5.73 Å². The molecule has 1 saturated heterocycles. The molecule has 7 rings (SSSR count). The number of nitrogens with zero attached hydrogens (tertiary/aromatic N) is 6. The van der Waals surface area contributed by atoms with E-state index in [1.165, 1.54) is 10.9 Å². The molecule has 0 atom stereocenters. The van der Waals surface area contributed by atoms with Crippen LogP contribution in [0.25, 0.3) is 27.6 Å². The zero-order valence-electron chi connectivity index (χ0n) is 26.3.